The summed E-state index contributed by atoms with van der Waals surface area (Å²) < 4.78 is 14.0. The largest absolute Gasteiger partial charge is 0.457 e. The molecule has 388 valence electrons. The van der Waals surface area contributed by atoms with Crippen molar-refractivity contribution in [3.63, 3.8) is 0 Å². The number of nitrogens with one attached hydrogen (secondary N) is 3. The average Bonchev–Trinajstić information content (AvgIpc) is 4.16. The number of anilines is 1. The minimum Gasteiger partial charge on any atom is -0.457 e. The summed E-state index contributed by atoms with van der Waals surface area (Å²) in [6.07, 6.45) is -0.807. The molecule has 75 heavy (non-hydrogen) atoms. The molecule has 4 N–H and O–H groups in total. The molecule has 0 unspecified atom stereocenters. The van der Waals surface area contributed by atoms with E-state index in [-0.39, 0.29) is 51.0 Å². The number of thiazole rings is 1. The molecule has 16 nitrogen and oxygen atoms in total. The first kappa shape index (κ1) is 52.8. The van der Waals surface area contributed by atoms with Crippen molar-refractivity contribution in [1.29, 1.82) is 0 Å². The highest BCUT2D eigenvalue weighted by molar-refractivity contribution is 7.15. The van der Waals surface area contributed by atoms with Gasteiger partial charge in [0.15, 0.2) is 5.82 Å². The molecule has 9 rings (SSSR count). The van der Waals surface area contributed by atoms with E-state index in [4.69, 9.17) is 26.1 Å². The lowest BCUT2D eigenvalue weighted by atomic mass is 9.85. The van der Waals surface area contributed by atoms with E-state index in [9.17, 15) is 24.3 Å². The Morgan fingerprint density at radius 3 is 2.31 bits per heavy atom. The second-order valence-electron chi connectivity index (χ2n) is 19.9. The molecule has 0 aliphatic carbocycles. The van der Waals surface area contributed by atoms with Crippen molar-refractivity contribution in [3.8, 4) is 26.9 Å². The third-order valence-electron chi connectivity index (χ3n) is 13.2. The number of halogens is 1. The number of thiophene rings is 1. The van der Waals surface area contributed by atoms with Gasteiger partial charge in [-0.15, -0.1) is 32.9 Å². The van der Waals surface area contributed by atoms with Gasteiger partial charge < -0.3 is 35.4 Å². The Morgan fingerprint density at radius 2 is 1.60 bits per heavy atom. The van der Waals surface area contributed by atoms with E-state index in [2.05, 4.69) is 45.0 Å². The van der Waals surface area contributed by atoms with Crippen molar-refractivity contribution in [2.24, 2.45) is 10.4 Å². The molecule has 1 saturated heterocycles. The Bertz CT molecular complexity index is 3270. The highest BCUT2D eigenvalue weighted by Crippen LogP contribution is 2.40. The zero-order chi connectivity index (χ0) is 53.1. The maximum Gasteiger partial charge on any atom is 0.246 e. The van der Waals surface area contributed by atoms with Crippen LogP contribution in [0.2, 0.25) is 5.02 Å². The van der Waals surface area contributed by atoms with Crippen molar-refractivity contribution in [2.75, 3.05) is 18.5 Å². The molecule has 0 spiro atoms. The molecular formula is C56H58ClN9O7S2. The lowest BCUT2D eigenvalue weighted by Gasteiger charge is -2.35. The van der Waals surface area contributed by atoms with Gasteiger partial charge in [-0.05, 0) is 91.8 Å². The number of aliphatic hydroxyl groups excluding tert-OH is 1. The molecular weight excluding hydrogens is 1010 g/mol. The van der Waals surface area contributed by atoms with E-state index in [1.165, 1.54) is 4.90 Å². The summed E-state index contributed by atoms with van der Waals surface area (Å²) in [4.78, 5) is 67.9. The lowest BCUT2D eigenvalue weighted by Crippen LogP contribution is -2.58. The van der Waals surface area contributed by atoms with Crippen LogP contribution in [0.25, 0.3) is 15.4 Å². The number of likely N-dealkylation sites (tertiary alicyclic amines) is 1. The number of rotatable bonds is 16. The van der Waals surface area contributed by atoms with Crippen molar-refractivity contribution < 1.29 is 33.8 Å². The van der Waals surface area contributed by atoms with Crippen LogP contribution < -0.4 is 20.7 Å². The highest BCUT2D eigenvalue weighted by atomic mass is 35.5. The Kier molecular flexibility index (Phi) is 15.8. The molecule has 4 aromatic carbocycles. The van der Waals surface area contributed by atoms with Crippen molar-refractivity contribution in [2.45, 2.75) is 98.7 Å². The fourth-order valence-corrected chi connectivity index (χ4v) is 11.3. The summed E-state index contributed by atoms with van der Waals surface area (Å²) in [7, 11) is 0. The molecule has 1 fully saturated rings. The number of aromatic nitrogens is 4. The number of carbonyl (C=O) groups excluding carboxylic acids is 4. The second-order valence-corrected chi connectivity index (χ2v) is 22.4. The first-order valence-corrected chi connectivity index (χ1v) is 26.6. The van der Waals surface area contributed by atoms with E-state index < -0.39 is 41.5 Å². The predicted octanol–water partition coefficient (Wildman–Crippen LogP) is 9.38. The van der Waals surface area contributed by atoms with Crippen LogP contribution in [0, 0.1) is 33.1 Å². The van der Waals surface area contributed by atoms with Gasteiger partial charge in [0.25, 0.3) is 0 Å². The van der Waals surface area contributed by atoms with Crippen LogP contribution in [0.3, 0.4) is 0 Å². The Morgan fingerprint density at radius 1 is 0.880 bits per heavy atom. The van der Waals surface area contributed by atoms with Crippen LogP contribution in [-0.4, -0.2) is 90.4 Å². The van der Waals surface area contributed by atoms with Crippen LogP contribution in [-0.2, 0) is 37.1 Å². The van der Waals surface area contributed by atoms with E-state index in [0.29, 0.717) is 33.9 Å². The van der Waals surface area contributed by atoms with Gasteiger partial charge in [0, 0.05) is 52.3 Å². The maximum absolute atomic E-state index is 14.1. The van der Waals surface area contributed by atoms with Crippen molar-refractivity contribution in [1.82, 2.24) is 35.3 Å². The number of fused-ring (bicyclic) bond motifs is 3. The Hall–Kier alpha value is -7.09. The van der Waals surface area contributed by atoms with Gasteiger partial charge in [0.1, 0.15) is 47.1 Å². The summed E-state index contributed by atoms with van der Waals surface area (Å²) in [6.45, 7) is 13.5. The normalized spacial score (nSPS) is 16.6. The minimum atomic E-state index is -0.999. The number of aliphatic hydroxyl groups is 1. The summed E-state index contributed by atoms with van der Waals surface area (Å²) in [5.41, 5.74) is 9.01. The highest BCUT2D eigenvalue weighted by Gasteiger charge is 2.44. The first-order valence-electron chi connectivity index (χ1n) is 24.6. The SMILES string of the molecule is Cc1ncsc1-c1ccc(CNC(=O)[C@@H]2C[C@@H](O)CN2C(=O)[C@@H](NC(=O)COCc2ccc(Oc3cccc(NC(=O)C[C@@H]4N=C(c5ccc(Cl)cc5)c5c(sc(C)c5C)-n5c(C)nnc54)c3)cc2)C(C)(C)C)cc1. The van der Waals surface area contributed by atoms with Crippen LogP contribution in [0.5, 0.6) is 11.5 Å². The number of hydrogen-bond acceptors (Lipinski definition) is 13. The second kappa shape index (κ2) is 22.4. The average molecular weight is 1070 g/mol. The number of ether oxygens (including phenoxy) is 2. The van der Waals surface area contributed by atoms with Gasteiger partial charge in [0.05, 0.1) is 40.9 Å². The summed E-state index contributed by atoms with van der Waals surface area (Å²) in [5, 5.41) is 29.9. The standard InChI is InChI=1S/C56H58ClN9O7S2/c1-31-33(3)75-55-48(31)49(37-17-19-39(57)20-18-37)61-44(52-64-63-34(4)66(52)55)25-46(68)60-40-9-8-10-43(23-40)73-42-21-13-36(14-22-42)28-72-29-47(69)62-51(56(5,6)7)54(71)65-27-41(67)24-45(65)53(70)58-26-35-11-15-38(16-12-35)50-32(2)59-30-74-50/h8-23,30,41,44-45,51,67H,24-29H2,1-7H3,(H,58,70)(H,60,68)(H,62,69)/t41-,44+,45+,51-/m1/s1. The number of hydrogen-bond donors (Lipinski definition) is 4. The topological polar surface area (TPSA) is 202 Å². The fraction of sp³-hybridized carbons (Fsp3) is 0.321. The van der Waals surface area contributed by atoms with E-state index >= 15 is 0 Å². The molecule has 0 saturated carbocycles. The number of aryl methyl sites for hydroxylation is 3. The van der Waals surface area contributed by atoms with Crippen LogP contribution >= 0.6 is 34.3 Å². The van der Waals surface area contributed by atoms with Gasteiger partial charge in [-0.25, -0.2) is 4.98 Å². The number of nitrogens with zero attached hydrogens (tertiary/aromatic N) is 6. The summed E-state index contributed by atoms with van der Waals surface area (Å²) >= 11 is 9.49. The number of β-amino-alcohol motifs (C(OH)–C–C–N with tert-alkyl or cyclic N) is 1. The van der Waals surface area contributed by atoms with E-state index in [1.807, 2.05) is 105 Å². The molecule has 4 atom stereocenters. The van der Waals surface area contributed by atoms with Gasteiger partial charge in [-0.3, -0.25) is 28.7 Å². The third kappa shape index (κ3) is 12.1. The monoisotopic (exact) mass is 1070 g/mol. The molecule has 0 bridgehead atoms. The number of amides is 4. The first-order chi connectivity index (χ1) is 35.9. The van der Waals surface area contributed by atoms with E-state index in [1.54, 1.807) is 59.1 Å². The van der Waals surface area contributed by atoms with Crippen LogP contribution in [0.15, 0.2) is 108 Å². The maximum atomic E-state index is 14.1. The van der Waals surface area contributed by atoms with Gasteiger partial charge in [0.2, 0.25) is 23.6 Å². The van der Waals surface area contributed by atoms with Gasteiger partial charge in [-0.2, -0.15) is 0 Å². The predicted molar refractivity (Wildman–Crippen MR) is 291 cm³/mol. The molecule has 4 amide bonds. The van der Waals surface area contributed by atoms with Crippen LogP contribution in [0.1, 0.15) is 89.7 Å². The Labute approximate surface area is 448 Å². The van der Waals surface area contributed by atoms with E-state index in [0.717, 1.165) is 59.5 Å². The summed E-state index contributed by atoms with van der Waals surface area (Å²) in [5.74, 6) is 0.714. The Balaban J connectivity index is 0.769. The zero-order valence-corrected chi connectivity index (χ0v) is 45.0. The van der Waals surface area contributed by atoms with Crippen molar-refractivity contribution >= 4 is 69.3 Å². The fourth-order valence-electron chi connectivity index (χ4n) is 9.19. The minimum absolute atomic E-state index is 0.00460. The van der Waals surface area contributed by atoms with Crippen molar-refractivity contribution in [3.05, 3.63) is 158 Å². The summed E-state index contributed by atoms with van der Waals surface area (Å²) in [6, 6.07) is 27.1. The number of carbonyl (C=O) groups is 4. The zero-order valence-electron chi connectivity index (χ0n) is 42.6. The third-order valence-corrected chi connectivity index (χ3v) is 15.6. The molecule has 7 aromatic rings. The molecule has 2 aliphatic heterocycles. The molecule has 5 heterocycles. The lowest BCUT2D eigenvalue weighted by molar-refractivity contribution is -0.144. The molecule has 3 aromatic heterocycles. The quantitative estimate of drug-likeness (QED) is 0.0722. The molecule has 0 radical (unpaired) electrons. The molecule has 19 heteroatoms. The van der Waals surface area contributed by atoms with Gasteiger partial charge >= 0.3 is 0 Å². The number of aliphatic imine (C=N–C) groups is 1. The van der Waals surface area contributed by atoms with Crippen LogP contribution in [0.4, 0.5) is 5.69 Å². The smallest absolute Gasteiger partial charge is 0.246 e. The van der Waals surface area contributed by atoms with Gasteiger partial charge in [-0.1, -0.05) is 87.0 Å². The number of benzene rings is 4. The molecule has 2 aliphatic rings.